The number of hydrogen-bond acceptors (Lipinski definition) is 2. The summed E-state index contributed by atoms with van der Waals surface area (Å²) < 4.78 is 0. The van der Waals surface area contributed by atoms with Crippen molar-refractivity contribution in [1.29, 1.82) is 0 Å². The second-order valence-electron chi connectivity index (χ2n) is 4.56. The molecule has 2 rings (SSSR count). The highest BCUT2D eigenvalue weighted by molar-refractivity contribution is 5.97. The molecule has 1 aliphatic rings. The number of carboxylic acids is 1. The van der Waals surface area contributed by atoms with E-state index >= 15 is 0 Å². The highest BCUT2D eigenvalue weighted by Gasteiger charge is 2.22. The van der Waals surface area contributed by atoms with Gasteiger partial charge in [-0.15, -0.1) is 0 Å². The van der Waals surface area contributed by atoms with E-state index in [-0.39, 0.29) is 0 Å². The van der Waals surface area contributed by atoms with Crippen molar-refractivity contribution in [3.8, 4) is 0 Å². The second kappa shape index (κ2) is 4.72. The standard InChI is InChI=1S/C14H17NO2/c1-10-5-3-4-6-11(10)13-9-15(2)8-7-12(13)14(16)17/h3-6H,7-9H2,1-2H3,(H,16,17). The Hall–Kier alpha value is -1.61. The first-order valence-electron chi connectivity index (χ1n) is 5.79. The molecule has 0 bridgehead atoms. The Morgan fingerprint density at radius 3 is 2.71 bits per heavy atom. The maximum Gasteiger partial charge on any atom is 0.331 e. The van der Waals surface area contributed by atoms with Crippen LogP contribution >= 0.6 is 0 Å². The van der Waals surface area contributed by atoms with E-state index in [1.54, 1.807) is 0 Å². The van der Waals surface area contributed by atoms with Crippen molar-refractivity contribution in [3.05, 3.63) is 41.0 Å². The lowest BCUT2D eigenvalue weighted by Crippen LogP contribution is -2.29. The van der Waals surface area contributed by atoms with Crippen LogP contribution in [0.25, 0.3) is 5.57 Å². The summed E-state index contributed by atoms with van der Waals surface area (Å²) in [6, 6.07) is 7.97. The number of likely N-dealkylation sites (N-methyl/N-ethyl adjacent to an activating group) is 1. The zero-order valence-corrected chi connectivity index (χ0v) is 10.2. The minimum Gasteiger partial charge on any atom is -0.478 e. The maximum absolute atomic E-state index is 11.3. The highest BCUT2D eigenvalue weighted by Crippen LogP contribution is 2.28. The van der Waals surface area contributed by atoms with Gasteiger partial charge in [0.1, 0.15) is 0 Å². The summed E-state index contributed by atoms with van der Waals surface area (Å²) >= 11 is 0. The molecule has 0 radical (unpaired) electrons. The van der Waals surface area contributed by atoms with E-state index in [0.29, 0.717) is 18.5 Å². The molecule has 3 heteroatoms. The lowest BCUT2D eigenvalue weighted by atomic mass is 9.91. The van der Waals surface area contributed by atoms with E-state index in [0.717, 1.165) is 23.2 Å². The Labute approximate surface area is 101 Å². The van der Waals surface area contributed by atoms with Gasteiger partial charge in [-0.05, 0) is 37.1 Å². The maximum atomic E-state index is 11.3. The first kappa shape index (κ1) is 11.9. The molecule has 0 amide bonds. The molecular formula is C14H17NO2. The lowest BCUT2D eigenvalue weighted by Gasteiger charge is -2.27. The SMILES string of the molecule is Cc1ccccc1C1=C(C(=O)O)CCN(C)C1. The molecule has 0 aliphatic carbocycles. The van der Waals surface area contributed by atoms with Gasteiger partial charge in [0.15, 0.2) is 0 Å². The molecule has 0 fully saturated rings. The fourth-order valence-corrected chi connectivity index (χ4v) is 2.29. The van der Waals surface area contributed by atoms with Crippen LogP contribution in [-0.2, 0) is 4.79 Å². The number of benzene rings is 1. The van der Waals surface area contributed by atoms with Gasteiger partial charge in [-0.1, -0.05) is 24.3 Å². The largest absolute Gasteiger partial charge is 0.478 e. The van der Waals surface area contributed by atoms with Crippen LogP contribution in [0.15, 0.2) is 29.8 Å². The van der Waals surface area contributed by atoms with E-state index < -0.39 is 5.97 Å². The van der Waals surface area contributed by atoms with Crippen LogP contribution in [0.1, 0.15) is 17.5 Å². The Morgan fingerprint density at radius 1 is 1.35 bits per heavy atom. The first-order valence-corrected chi connectivity index (χ1v) is 5.79. The van der Waals surface area contributed by atoms with Crippen LogP contribution in [0.5, 0.6) is 0 Å². The van der Waals surface area contributed by atoms with Crippen molar-refractivity contribution in [1.82, 2.24) is 4.90 Å². The van der Waals surface area contributed by atoms with Gasteiger partial charge < -0.3 is 10.0 Å². The smallest absolute Gasteiger partial charge is 0.331 e. The van der Waals surface area contributed by atoms with Crippen molar-refractivity contribution in [2.45, 2.75) is 13.3 Å². The van der Waals surface area contributed by atoms with Gasteiger partial charge in [0.2, 0.25) is 0 Å². The third-order valence-electron chi connectivity index (χ3n) is 3.26. The zero-order chi connectivity index (χ0) is 12.4. The summed E-state index contributed by atoms with van der Waals surface area (Å²) in [6.45, 7) is 3.56. The van der Waals surface area contributed by atoms with Gasteiger partial charge in [-0.25, -0.2) is 4.79 Å². The molecule has 0 unspecified atom stereocenters. The van der Waals surface area contributed by atoms with E-state index in [9.17, 15) is 9.90 Å². The minimum absolute atomic E-state index is 0.567. The molecular weight excluding hydrogens is 214 g/mol. The Morgan fingerprint density at radius 2 is 2.06 bits per heavy atom. The fraction of sp³-hybridized carbons (Fsp3) is 0.357. The summed E-state index contributed by atoms with van der Waals surface area (Å²) in [7, 11) is 2.02. The predicted octanol–water partition coefficient (Wildman–Crippen LogP) is 2.17. The van der Waals surface area contributed by atoms with Crippen LogP contribution in [0, 0.1) is 6.92 Å². The van der Waals surface area contributed by atoms with Crippen LogP contribution in [0.4, 0.5) is 0 Å². The van der Waals surface area contributed by atoms with E-state index in [1.807, 2.05) is 38.2 Å². The van der Waals surface area contributed by atoms with Gasteiger partial charge in [-0.2, -0.15) is 0 Å². The second-order valence-corrected chi connectivity index (χ2v) is 4.56. The van der Waals surface area contributed by atoms with Gasteiger partial charge in [0.25, 0.3) is 0 Å². The molecule has 1 heterocycles. The van der Waals surface area contributed by atoms with E-state index in [2.05, 4.69) is 4.90 Å². The molecule has 90 valence electrons. The normalized spacial score (nSPS) is 17.3. The number of hydrogen-bond donors (Lipinski definition) is 1. The molecule has 17 heavy (non-hydrogen) atoms. The van der Waals surface area contributed by atoms with E-state index in [1.165, 1.54) is 0 Å². The summed E-state index contributed by atoms with van der Waals surface area (Å²) in [5, 5.41) is 9.27. The molecule has 1 aromatic carbocycles. The summed E-state index contributed by atoms with van der Waals surface area (Å²) in [5.41, 5.74) is 3.73. The molecule has 1 N–H and O–H groups in total. The Kier molecular flexibility index (Phi) is 3.29. The topological polar surface area (TPSA) is 40.5 Å². The molecule has 0 aromatic heterocycles. The van der Waals surface area contributed by atoms with Gasteiger partial charge in [-0.3, -0.25) is 0 Å². The van der Waals surface area contributed by atoms with Crippen LogP contribution < -0.4 is 0 Å². The molecule has 0 saturated heterocycles. The third-order valence-corrected chi connectivity index (χ3v) is 3.26. The number of carbonyl (C=O) groups is 1. The van der Waals surface area contributed by atoms with Crippen molar-refractivity contribution < 1.29 is 9.90 Å². The predicted molar refractivity (Wildman–Crippen MR) is 67.8 cm³/mol. The number of nitrogens with zero attached hydrogens (tertiary/aromatic N) is 1. The number of aryl methyl sites for hydroxylation is 1. The lowest BCUT2D eigenvalue weighted by molar-refractivity contribution is -0.132. The van der Waals surface area contributed by atoms with Crippen LogP contribution in [-0.4, -0.2) is 36.1 Å². The van der Waals surface area contributed by atoms with Crippen molar-refractivity contribution >= 4 is 11.5 Å². The number of carboxylic acid groups (broad SMARTS) is 1. The average Bonchev–Trinajstić information content (AvgIpc) is 2.29. The molecule has 0 spiro atoms. The van der Waals surface area contributed by atoms with Gasteiger partial charge >= 0.3 is 5.97 Å². The minimum atomic E-state index is -0.781. The van der Waals surface area contributed by atoms with Crippen molar-refractivity contribution in [2.24, 2.45) is 0 Å². The number of rotatable bonds is 2. The quantitative estimate of drug-likeness (QED) is 0.848. The highest BCUT2D eigenvalue weighted by atomic mass is 16.4. The van der Waals surface area contributed by atoms with E-state index in [4.69, 9.17) is 0 Å². The summed E-state index contributed by atoms with van der Waals surface area (Å²) in [6.07, 6.45) is 0.621. The molecule has 3 nitrogen and oxygen atoms in total. The Balaban J connectivity index is 2.52. The third kappa shape index (κ3) is 2.39. The fourth-order valence-electron chi connectivity index (χ4n) is 2.29. The van der Waals surface area contributed by atoms with Crippen LogP contribution in [0.2, 0.25) is 0 Å². The Bertz CT molecular complexity index is 477. The number of aliphatic carboxylic acids is 1. The van der Waals surface area contributed by atoms with Crippen LogP contribution in [0.3, 0.4) is 0 Å². The van der Waals surface area contributed by atoms with Crippen molar-refractivity contribution in [3.63, 3.8) is 0 Å². The molecule has 1 aliphatic heterocycles. The van der Waals surface area contributed by atoms with Gasteiger partial charge in [0, 0.05) is 18.7 Å². The molecule has 0 atom stereocenters. The van der Waals surface area contributed by atoms with Gasteiger partial charge in [0.05, 0.1) is 0 Å². The zero-order valence-electron chi connectivity index (χ0n) is 10.2. The summed E-state index contributed by atoms with van der Waals surface area (Å²) in [5.74, 6) is -0.781. The van der Waals surface area contributed by atoms with Crippen molar-refractivity contribution in [2.75, 3.05) is 20.1 Å². The summed E-state index contributed by atoms with van der Waals surface area (Å²) in [4.78, 5) is 13.4. The monoisotopic (exact) mass is 231 g/mol. The molecule has 0 saturated carbocycles. The average molecular weight is 231 g/mol. The first-order chi connectivity index (χ1) is 8.09. The molecule has 1 aromatic rings.